The van der Waals surface area contributed by atoms with Crippen LogP contribution in [-0.4, -0.2) is 18.6 Å². The number of thiazole rings is 1. The van der Waals surface area contributed by atoms with Crippen molar-refractivity contribution in [1.29, 1.82) is 0 Å². The lowest BCUT2D eigenvalue weighted by Crippen LogP contribution is -2.16. The third-order valence-electron chi connectivity index (χ3n) is 3.10. The monoisotopic (exact) mass is 288 g/mol. The minimum atomic E-state index is -0.0573. The first-order chi connectivity index (χ1) is 9.88. The normalized spacial score (nSPS) is 12.7. The van der Waals surface area contributed by atoms with Gasteiger partial charge < -0.3 is 14.5 Å². The van der Waals surface area contributed by atoms with Crippen LogP contribution in [-0.2, 0) is 0 Å². The summed E-state index contributed by atoms with van der Waals surface area (Å²) < 4.78 is 11.7. The Morgan fingerprint density at radius 2 is 2.35 bits per heavy atom. The van der Waals surface area contributed by atoms with E-state index >= 15 is 0 Å². The zero-order valence-corrected chi connectivity index (χ0v) is 12.0. The fraction of sp³-hybridized carbons (Fsp3) is 0.267. The number of furan rings is 1. The highest BCUT2D eigenvalue weighted by atomic mass is 32.1. The van der Waals surface area contributed by atoms with E-state index in [0.29, 0.717) is 0 Å². The Morgan fingerprint density at radius 1 is 1.40 bits per heavy atom. The Hall–Kier alpha value is -1.85. The van der Waals surface area contributed by atoms with Gasteiger partial charge >= 0.3 is 0 Å². The fourth-order valence-electron chi connectivity index (χ4n) is 2.11. The quantitative estimate of drug-likeness (QED) is 0.752. The first-order valence-corrected chi connectivity index (χ1v) is 7.43. The van der Waals surface area contributed by atoms with Crippen molar-refractivity contribution in [2.75, 3.05) is 13.6 Å². The van der Waals surface area contributed by atoms with E-state index in [1.807, 2.05) is 42.9 Å². The summed E-state index contributed by atoms with van der Waals surface area (Å²) in [7, 11) is 1.94. The van der Waals surface area contributed by atoms with Gasteiger partial charge in [0, 0.05) is 23.4 Å². The summed E-state index contributed by atoms with van der Waals surface area (Å²) in [5, 5.41) is 7.16. The second-order valence-electron chi connectivity index (χ2n) is 4.46. The number of rotatable bonds is 6. The lowest BCUT2D eigenvalue weighted by molar-refractivity contribution is 0.195. The van der Waals surface area contributed by atoms with Crippen LogP contribution in [0.15, 0.2) is 46.5 Å². The van der Waals surface area contributed by atoms with Crippen molar-refractivity contribution >= 4 is 22.3 Å². The zero-order valence-electron chi connectivity index (χ0n) is 11.2. The topological polar surface area (TPSA) is 47.3 Å². The van der Waals surface area contributed by atoms with Crippen LogP contribution in [0.5, 0.6) is 5.75 Å². The van der Waals surface area contributed by atoms with E-state index in [0.717, 1.165) is 34.7 Å². The Kier molecular flexibility index (Phi) is 3.99. The van der Waals surface area contributed by atoms with Crippen LogP contribution < -0.4 is 10.1 Å². The molecule has 0 fully saturated rings. The van der Waals surface area contributed by atoms with Crippen molar-refractivity contribution in [2.24, 2.45) is 0 Å². The van der Waals surface area contributed by atoms with Crippen LogP contribution in [0.4, 0.5) is 0 Å². The standard InChI is InChI=1S/C15H16N2O2S/c1-16-7-5-13(15-17-8-10-20-15)19-12-4-2-3-11-6-9-18-14(11)12/h2-4,6,8-10,13,16H,5,7H2,1H3/t13-/m0/s1. The molecule has 0 spiro atoms. The van der Waals surface area contributed by atoms with Crippen LogP contribution in [0, 0.1) is 0 Å². The lowest BCUT2D eigenvalue weighted by Gasteiger charge is -2.17. The summed E-state index contributed by atoms with van der Waals surface area (Å²) in [5.41, 5.74) is 0.790. The molecule has 2 aromatic heterocycles. The first-order valence-electron chi connectivity index (χ1n) is 6.55. The smallest absolute Gasteiger partial charge is 0.175 e. The maximum atomic E-state index is 6.15. The number of fused-ring (bicyclic) bond motifs is 1. The van der Waals surface area contributed by atoms with Crippen LogP contribution in [0.2, 0.25) is 0 Å². The molecule has 1 aromatic carbocycles. The van der Waals surface area contributed by atoms with Gasteiger partial charge in [0.15, 0.2) is 17.4 Å². The van der Waals surface area contributed by atoms with E-state index in [-0.39, 0.29) is 6.10 Å². The van der Waals surface area contributed by atoms with Crippen LogP contribution >= 0.6 is 11.3 Å². The number of nitrogens with one attached hydrogen (secondary N) is 1. The number of aromatic nitrogens is 1. The first kappa shape index (κ1) is 13.1. The van der Waals surface area contributed by atoms with Gasteiger partial charge in [-0.05, 0) is 25.7 Å². The SMILES string of the molecule is CNCC[C@H](Oc1cccc2ccoc12)c1nccs1. The molecule has 0 aliphatic heterocycles. The maximum Gasteiger partial charge on any atom is 0.175 e. The van der Waals surface area contributed by atoms with Crippen molar-refractivity contribution < 1.29 is 9.15 Å². The third kappa shape index (κ3) is 2.69. The molecule has 0 unspecified atom stereocenters. The van der Waals surface area contributed by atoms with E-state index in [1.165, 1.54) is 0 Å². The highest BCUT2D eigenvalue weighted by molar-refractivity contribution is 7.09. The summed E-state index contributed by atoms with van der Waals surface area (Å²) in [6.07, 6.45) is 4.30. The van der Waals surface area contributed by atoms with Gasteiger partial charge in [-0.25, -0.2) is 4.98 Å². The van der Waals surface area contributed by atoms with E-state index in [2.05, 4.69) is 10.3 Å². The molecule has 0 saturated heterocycles. The van der Waals surface area contributed by atoms with Gasteiger partial charge in [0.25, 0.3) is 0 Å². The molecule has 2 heterocycles. The summed E-state index contributed by atoms with van der Waals surface area (Å²) in [6, 6.07) is 7.86. The van der Waals surface area contributed by atoms with Crippen LogP contribution in [0.1, 0.15) is 17.5 Å². The van der Waals surface area contributed by atoms with Gasteiger partial charge in [0.05, 0.1) is 6.26 Å². The zero-order chi connectivity index (χ0) is 13.8. The number of benzene rings is 1. The average molecular weight is 288 g/mol. The molecule has 0 saturated carbocycles. The van der Waals surface area contributed by atoms with Gasteiger partial charge in [-0.1, -0.05) is 12.1 Å². The van der Waals surface area contributed by atoms with Gasteiger partial charge in [-0.2, -0.15) is 0 Å². The van der Waals surface area contributed by atoms with Crippen molar-refractivity contribution in [3.05, 3.63) is 47.1 Å². The minimum Gasteiger partial charge on any atom is -0.479 e. The third-order valence-corrected chi connectivity index (χ3v) is 3.96. The molecule has 3 rings (SSSR count). The Labute approximate surface area is 121 Å². The molecule has 0 bridgehead atoms. The maximum absolute atomic E-state index is 6.15. The second kappa shape index (κ2) is 6.07. The number of hydrogen-bond acceptors (Lipinski definition) is 5. The van der Waals surface area contributed by atoms with E-state index in [1.54, 1.807) is 17.6 Å². The molecular formula is C15H16N2O2S. The highest BCUT2D eigenvalue weighted by Gasteiger charge is 2.17. The molecule has 0 amide bonds. The fourth-order valence-corrected chi connectivity index (χ4v) is 2.81. The van der Waals surface area contributed by atoms with Gasteiger partial charge in [-0.3, -0.25) is 0 Å². The number of ether oxygens (including phenoxy) is 1. The molecule has 0 aliphatic rings. The van der Waals surface area contributed by atoms with Crippen LogP contribution in [0.3, 0.4) is 0 Å². The van der Waals surface area contributed by atoms with Crippen LogP contribution in [0.25, 0.3) is 11.0 Å². The average Bonchev–Trinajstić information content (AvgIpc) is 3.14. The summed E-state index contributed by atoms with van der Waals surface area (Å²) in [5.74, 6) is 0.767. The molecule has 1 atom stereocenters. The predicted octanol–water partition coefficient (Wildman–Crippen LogP) is 3.62. The number of nitrogens with zero attached hydrogens (tertiary/aromatic N) is 1. The summed E-state index contributed by atoms with van der Waals surface area (Å²) in [6.45, 7) is 0.873. The predicted molar refractivity (Wildman–Crippen MR) is 80.2 cm³/mol. The number of para-hydroxylation sites is 1. The van der Waals surface area contributed by atoms with Gasteiger partial charge in [0.1, 0.15) is 5.01 Å². The summed E-state index contributed by atoms with van der Waals surface area (Å²) in [4.78, 5) is 4.37. The van der Waals surface area contributed by atoms with Crippen molar-refractivity contribution in [1.82, 2.24) is 10.3 Å². The molecule has 5 heteroatoms. The molecule has 0 radical (unpaired) electrons. The molecule has 1 N–H and O–H groups in total. The Bertz CT molecular complexity index is 663. The van der Waals surface area contributed by atoms with Gasteiger partial charge in [-0.15, -0.1) is 11.3 Å². The van der Waals surface area contributed by atoms with E-state index < -0.39 is 0 Å². The molecule has 4 nitrogen and oxygen atoms in total. The lowest BCUT2D eigenvalue weighted by atomic mass is 10.2. The molecule has 3 aromatic rings. The molecule has 0 aliphatic carbocycles. The summed E-state index contributed by atoms with van der Waals surface area (Å²) >= 11 is 1.61. The molecular weight excluding hydrogens is 272 g/mol. The minimum absolute atomic E-state index is 0.0573. The molecule has 104 valence electrons. The Morgan fingerprint density at radius 3 is 3.15 bits per heavy atom. The number of hydrogen-bond donors (Lipinski definition) is 1. The van der Waals surface area contributed by atoms with E-state index in [9.17, 15) is 0 Å². The van der Waals surface area contributed by atoms with E-state index in [4.69, 9.17) is 9.15 Å². The van der Waals surface area contributed by atoms with Crippen molar-refractivity contribution in [3.8, 4) is 5.75 Å². The van der Waals surface area contributed by atoms with Crippen molar-refractivity contribution in [3.63, 3.8) is 0 Å². The largest absolute Gasteiger partial charge is 0.479 e. The van der Waals surface area contributed by atoms with Crippen molar-refractivity contribution in [2.45, 2.75) is 12.5 Å². The molecule has 20 heavy (non-hydrogen) atoms. The highest BCUT2D eigenvalue weighted by Crippen LogP contribution is 2.32. The Balaban J connectivity index is 1.87. The van der Waals surface area contributed by atoms with Gasteiger partial charge in [0.2, 0.25) is 0 Å². The second-order valence-corrected chi connectivity index (χ2v) is 5.39.